The van der Waals surface area contributed by atoms with Gasteiger partial charge in [-0.05, 0) is 53.4 Å². The van der Waals surface area contributed by atoms with E-state index in [-0.39, 0.29) is 36.8 Å². The van der Waals surface area contributed by atoms with E-state index in [4.69, 9.17) is 28.4 Å². The largest absolute Gasteiger partial charge is 0.459 e. The summed E-state index contributed by atoms with van der Waals surface area (Å²) in [5, 5.41) is 63.2. The number of allylic oxidation sites excluding steroid dienone is 2. The first-order valence-electron chi connectivity index (χ1n) is 15.2. The van der Waals surface area contributed by atoms with Crippen LogP contribution in [-0.4, -0.2) is 128 Å². The molecule has 14 nitrogen and oxygen atoms in total. The number of aliphatic hydroxyl groups is 6. The number of carbonyl (C=O) groups is 2. The minimum atomic E-state index is -1.66. The predicted molar refractivity (Wildman–Crippen MR) is 161 cm³/mol. The van der Waals surface area contributed by atoms with Gasteiger partial charge in [0.1, 0.15) is 62.0 Å². The predicted octanol–water partition coefficient (Wildman–Crippen LogP) is 0.0772. The summed E-state index contributed by atoms with van der Waals surface area (Å²) in [4.78, 5) is 25.5. The number of cyclic esters (lactones) is 2. The van der Waals surface area contributed by atoms with Gasteiger partial charge in [-0.25, -0.2) is 9.59 Å². The van der Waals surface area contributed by atoms with E-state index in [1.807, 2.05) is 0 Å². The number of rotatable bonds is 2. The molecule has 6 N–H and O–H groups in total. The molecule has 3 rings (SSSR count). The molecule has 2 saturated heterocycles. The lowest BCUT2D eigenvalue weighted by Gasteiger charge is -2.43. The van der Waals surface area contributed by atoms with Gasteiger partial charge in [0, 0.05) is 11.1 Å². The molecule has 0 unspecified atom stereocenters. The Morgan fingerprint density at radius 1 is 0.652 bits per heavy atom. The van der Waals surface area contributed by atoms with Crippen molar-refractivity contribution in [3.8, 4) is 0 Å². The molecule has 2 fully saturated rings. The van der Waals surface area contributed by atoms with E-state index in [9.17, 15) is 40.2 Å². The molecule has 0 aromatic heterocycles. The molecule has 12 atom stereocenters. The third-order valence-electron chi connectivity index (χ3n) is 8.56. The van der Waals surface area contributed by atoms with E-state index >= 15 is 0 Å². The van der Waals surface area contributed by atoms with E-state index < -0.39 is 97.8 Å². The maximum atomic E-state index is 12.7. The van der Waals surface area contributed by atoms with Gasteiger partial charge in [0.05, 0.1) is 11.2 Å². The minimum absolute atomic E-state index is 0.219. The normalized spacial score (nSPS) is 45.0. The van der Waals surface area contributed by atoms with Crippen molar-refractivity contribution < 1.29 is 68.6 Å². The molecule has 260 valence electrons. The van der Waals surface area contributed by atoms with Gasteiger partial charge in [0.2, 0.25) is 0 Å². The highest BCUT2D eigenvalue weighted by atomic mass is 16.7. The van der Waals surface area contributed by atoms with Crippen molar-refractivity contribution in [3.05, 3.63) is 48.6 Å². The van der Waals surface area contributed by atoms with Gasteiger partial charge in [0.15, 0.2) is 12.6 Å². The van der Waals surface area contributed by atoms with Crippen molar-refractivity contribution in [1.82, 2.24) is 0 Å². The number of aliphatic hydroxyl groups excluding tert-OH is 6. The molecule has 0 amide bonds. The molecule has 0 spiro atoms. The van der Waals surface area contributed by atoms with E-state index in [1.54, 1.807) is 26.0 Å². The molecule has 14 heteroatoms. The average Bonchev–Trinajstić information content (AvgIpc) is 3.03. The molecule has 3 heterocycles. The highest BCUT2D eigenvalue weighted by Gasteiger charge is 2.48. The van der Waals surface area contributed by atoms with Gasteiger partial charge in [0.25, 0.3) is 0 Å². The molecule has 3 aliphatic rings. The SMILES string of the molecule is C=C[C@]1(C)CC/C=C(\C)C(=O)OC[C@H]2O[C@@H](O[C@](C)(C=C)CC/C=C(\C)C(=O)OC[C@H]3O[C@@H](O1)[C@H](O)[C@H](O)[C@H]3O)[C@H](O)[C@H](O)[C@H]2O. The Morgan fingerprint density at radius 2 is 1.00 bits per heavy atom. The van der Waals surface area contributed by atoms with Crippen LogP contribution in [0.2, 0.25) is 0 Å². The number of ether oxygens (including phenoxy) is 6. The number of hydrogen-bond acceptors (Lipinski definition) is 14. The Morgan fingerprint density at radius 3 is 1.33 bits per heavy atom. The molecule has 4 bridgehead atoms. The van der Waals surface area contributed by atoms with E-state index in [2.05, 4.69) is 13.2 Å². The summed E-state index contributed by atoms with van der Waals surface area (Å²) >= 11 is 0. The Labute approximate surface area is 268 Å². The van der Waals surface area contributed by atoms with Crippen LogP contribution in [0.3, 0.4) is 0 Å². The standard InChI is InChI=1S/C32H48O14/c1-7-31(5)13-9-11-17(3)27(39)42-16-20-22(34)24(36)26(38)30(44-20)46-32(6,8-2)14-10-12-18(4)28(40)41-15-19-21(33)23(35)25(37)29(43-19)45-31/h7-8,11-12,19-26,29-30,33-38H,1-2,9-10,13-16H2,3-6H3/b17-11+,18-12+/t19-,20-,21+,22+,23-,24-,25-,26-,29+,30+,31-,32-/m1/s1. The van der Waals surface area contributed by atoms with Gasteiger partial charge in [-0.1, -0.05) is 24.3 Å². The zero-order valence-electron chi connectivity index (χ0n) is 26.7. The lowest BCUT2D eigenvalue weighted by molar-refractivity contribution is -0.320. The Kier molecular flexibility index (Phi) is 13.3. The third-order valence-corrected chi connectivity index (χ3v) is 8.56. The van der Waals surface area contributed by atoms with Crippen LogP contribution < -0.4 is 0 Å². The van der Waals surface area contributed by atoms with Crippen molar-refractivity contribution >= 4 is 11.9 Å². The minimum Gasteiger partial charge on any atom is -0.459 e. The van der Waals surface area contributed by atoms with Crippen molar-refractivity contribution in [2.75, 3.05) is 13.2 Å². The molecule has 0 saturated carbocycles. The summed E-state index contributed by atoms with van der Waals surface area (Å²) in [6, 6.07) is 0. The maximum Gasteiger partial charge on any atom is 0.333 e. The fourth-order valence-corrected chi connectivity index (χ4v) is 5.11. The molecule has 0 radical (unpaired) electrons. The van der Waals surface area contributed by atoms with Gasteiger partial charge in [-0.15, -0.1) is 13.2 Å². The highest BCUT2D eigenvalue weighted by Crippen LogP contribution is 2.31. The molecular formula is C32H48O14. The first-order chi connectivity index (χ1) is 21.5. The summed E-state index contributed by atoms with van der Waals surface area (Å²) in [6.07, 6.45) is -7.94. The summed E-state index contributed by atoms with van der Waals surface area (Å²) in [6.45, 7) is 13.0. The van der Waals surface area contributed by atoms with Crippen LogP contribution in [0.15, 0.2) is 48.6 Å². The molecule has 46 heavy (non-hydrogen) atoms. The highest BCUT2D eigenvalue weighted by molar-refractivity contribution is 5.88. The van der Waals surface area contributed by atoms with Crippen LogP contribution in [-0.2, 0) is 38.0 Å². The molecular weight excluding hydrogens is 608 g/mol. The first kappa shape index (κ1) is 38.0. The monoisotopic (exact) mass is 656 g/mol. The molecule has 0 aromatic rings. The summed E-state index contributed by atoms with van der Waals surface area (Å²) in [5.41, 5.74) is -1.82. The van der Waals surface area contributed by atoms with E-state index in [0.717, 1.165) is 0 Å². The van der Waals surface area contributed by atoms with E-state index in [0.29, 0.717) is 0 Å². The van der Waals surface area contributed by atoms with Crippen LogP contribution in [0, 0.1) is 0 Å². The molecule has 3 aliphatic heterocycles. The Hall–Kier alpha value is -2.50. The first-order valence-corrected chi connectivity index (χ1v) is 15.2. The number of hydrogen-bond donors (Lipinski definition) is 6. The second-order valence-electron chi connectivity index (χ2n) is 12.3. The Bertz CT molecular complexity index is 1070. The smallest absolute Gasteiger partial charge is 0.333 e. The van der Waals surface area contributed by atoms with Crippen molar-refractivity contribution in [2.45, 2.75) is 126 Å². The van der Waals surface area contributed by atoms with Crippen molar-refractivity contribution in [1.29, 1.82) is 0 Å². The zero-order valence-corrected chi connectivity index (χ0v) is 26.7. The van der Waals surface area contributed by atoms with Crippen molar-refractivity contribution in [2.24, 2.45) is 0 Å². The van der Waals surface area contributed by atoms with Gasteiger partial charge >= 0.3 is 11.9 Å². The van der Waals surface area contributed by atoms with Crippen molar-refractivity contribution in [3.63, 3.8) is 0 Å². The topological polar surface area (TPSA) is 211 Å². The third kappa shape index (κ3) is 9.31. The maximum absolute atomic E-state index is 12.7. The van der Waals surface area contributed by atoms with Crippen LogP contribution in [0.25, 0.3) is 0 Å². The van der Waals surface area contributed by atoms with Gasteiger partial charge in [-0.2, -0.15) is 0 Å². The lowest BCUT2D eigenvalue weighted by atomic mass is 9.96. The second kappa shape index (κ2) is 16.1. The zero-order chi connectivity index (χ0) is 34.4. The quantitative estimate of drug-likeness (QED) is 0.172. The molecule has 0 aliphatic carbocycles. The van der Waals surface area contributed by atoms with Crippen LogP contribution in [0.1, 0.15) is 53.4 Å². The lowest BCUT2D eigenvalue weighted by Crippen LogP contribution is -2.60. The number of esters is 2. The summed E-state index contributed by atoms with van der Waals surface area (Å²) in [7, 11) is 0. The van der Waals surface area contributed by atoms with Crippen LogP contribution in [0.5, 0.6) is 0 Å². The summed E-state index contributed by atoms with van der Waals surface area (Å²) in [5.74, 6) is -1.44. The van der Waals surface area contributed by atoms with Gasteiger partial charge < -0.3 is 59.1 Å². The average molecular weight is 657 g/mol. The fourth-order valence-electron chi connectivity index (χ4n) is 5.11. The fraction of sp³-hybridized carbons (Fsp3) is 0.688. The number of fused-ring (bicyclic) bond motifs is 4. The van der Waals surface area contributed by atoms with Crippen LogP contribution >= 0.6 is 0 Å². The van der Waals surface area contributed by atoms with Crippen LogP contribution in [0.4, 0.5) is 0 Å². The second-order valence-corrected chi connectivity index (χ2v) is 12.3. The summed E-state index contributed by atoms with van der Waals surface area (Å²) < 4.78 is 34.1. The van der Waals surface area contributed by atoms with E-state index in [1.165, 1.54) is 26.0 Å². The van der Waals surface area contributed by atoms with Gasteiger partial charge in [-0.3, -0.25) is 0 Å². The number of carbonyl (C=O) groups excluding carboxylic acids is 2. The molecule has 0 aromatic carbocycles. The Balaban J connectivity index is 1.87.